The first-order valence-electron chi connectivity index (χ1n) is 7.13. The molecular formula is C14H26N2O3. The average Bonchev–Trinajstić information content (AvgIpc) is 2.42. The first-order chi connectivity index (χ1) is 9.04. The molecule has 110 valence electrons. The summed E-state index contributed by atoms with van der Waals surface area (Å²) >= 11 is 0. The highest BCUT2D eigenvalue weighted by atomic mass is 16.5. The zero-order valence-corrected chi connectivity index (χ0v) is 12.3. The minimum atomic E-state index is -0.145. The molecule has 1 aliphatic heterocycles. The maximum atomic E-state index is 12.0. The highest BCUT2D eigenvalue weighted by molar-refractivity contribution is 5.77. The number of nitrogens with zero attached hydrogens (tertiary/aromatic N) is 1. The SMILES string of the molecule is COC(=O)C1CCN(C(=O)CCCNC(C)C)CC1. The van der Waals surface area contributed by atoms with Crippen LogP contribution in [0.15, 0.2) is 0 Å². The topological polar surface area (TPSA) is 58.6 Å². The van der Waals surface area contributed by atoms with E-state index in [2.05, 4.69) is 19.2 Å². The van der Waals surface area contributed by atoms with Crippen molar-refractivity contribution in [2.24, 2.45) is 5.92 Å². The van der Waals surface area contributed by atoms with Gasteiger partial charge in [-0.2, -0.15) is 0 Å². The molecular weight excluding hydrogens is 244 g/mol. The van der Waals surface area contributed by atoms with Gasteiger partial charge >= 0.3 is 5.97 Å². The normalized spacial score (nSPS) is 16.7. The van der Waals surface area contributed by atoms with E-state index >= 15 is 0 Å². The molecule has 0 bridgehead atoms. The van der Waals surface area contributed by atoms with Gasteiger partial charge in [0.25, 0.3) is 0 Å². The molecule has 0 aliphatic carbocycles. The van der Waals surface area contributed by atoms with Gasteiger partial charge in [-0.15, -0.1) is 0 Å². The number of likely N-dealkylation sites (tertiary alicyclic amines) is 1. The molecule has 1 aliphatic rings. The lowest BCUT2D eigenvalue weighted by Gasteiger charge is -2.30. The third kappa shape index (κ3) is 5.59. The van der Waals surface area contributed by atoms with Crippen LogP contribution in [0.25, 0.3) is 0 Å². The Morgan fingerprint density at radius 2 is 1.95 bits per heavy atom. The van der Waals surface area contributed by atoms with Gasteiger partial charge in [-0.05, 0) is 25.8 Å². The smallest absolute Gasteiger partial charge is 0.308 e. The highest BCUT2D eigenvalue weighted by Crippen LogP contribution is 2.19. The summed E-state index contributed by atoms with van der Waals surface area (Å²) in [4.78, 5) is 25.2. The van der Waals surface area contributed by atoms with Gasteiger partial charge < -0.3 is 15.0 Å². The zero-order chi connectivity index (χ0) is 14.3. The summed E-state index contributed by atoms with van der Waals surface area (Å²) in [6.45, 7) is 6.42. The molecule has 1 saturated heterocycles. The number of methoxy groups -OCH3 is 1. The van der Waals surface area contributed by atoms with Crippen LogP contribution in [-0.2, 0) is 14.3 Å². The van der Waals surface area contributed by atoms with E-state index in [-0.39, 0.29) is 17.8 Å². The summed E-state index contributed by atoms with van der Waals surface area (Å²) in [5.74, 6) is 0.0266. The van der Waals surface area contributed by atoms with Crippen molar-refractivity contribution in [3.63, 3.8) is 0 Å². The third-order valence-electron chi connectivity index (χ3n) is 3.50. The molecule has 1 amide bonds. The second-order valence-corrected chi connectivity index (χ2v) is 5.39. The van der Waals surface area contributed by atoms with Crippen LogP contribution in [0.5, 0.6) is 0 Å². The average molecular weight is 270 g/mol. The predicted octanol–water partition coefficient (Wildman–Crippen LogP) is 1.18. The van der Waals surface area contributed by atoms with Crippen LogP contribution in [0, 0.1) is 5.92 Å². The number of esters is 1. The highest BCUT2D eigenvalue weighted by Gasteiger charge is 2.27. The molecule has 0 aromatic rings. The fourth-order valence-corrected chi connectivity index (χ4v) is 2.32. The number of piperidine rings is 1. The third-order valence-corrected chi connectivity index (χ3v) is 3.50. The fraction of sp³-hybridized carbons (Fsp3) is 0.857. The molecule has 1 rings (SSSR count). The van der Waals surface area contributed by atoms with Gasteiger partial charge in [-0.25, -0.2) is 0 Å². The van der Waals surface area contributed by atoms with Gasteiger partial charge in [0.2, 0.25) is 5.91 Å². The minimum Gasteiger partial charge on any atom is -0.469 e. The van der Waals surface area contributed by atoms with Crippen LogP contribution in [0.1, 0.15) is 39.5 Å². The standard InChI is InChI=1S/C14H26N2O3/c1-11(2)15-8-4-5-13(17)16-9-6-12(7-10-16)14(18)19-3/h11-12,15H,4-10H2,1-3H3. The zero-order valence-electron chi connectivity index (χ0n) is 12.3. The second kappa shape index (κ2) is 8.15. The number of ether oxygens (including phenoxy) is 1. The Kier molecular flexibility index (Phi) is 6.84. The fourth-order valence-electron chi connectivity index (χ4n) is 2.32. The Morgan fingerprint density at radius 3 is 2.47 bits per heavy atom. The van der Waals surface area contributed by atoms with E-state index in [1.807, 2.05) is 4.90 Å². The summed E-state index contributed by atoms with van der Waals surface area (Å²) in [6.07, 6.45) is 2.90. The number of hydrogen-bond acceptors (Lipinski definition) is 4. The minimum absolute atomic E-state index is 0.0309. The first kappa shape index (κ1) is 16.0. The molecule has 5 heteroatoms. The lowest BCUT2D eigenvalue weighted by Crippen LogP contribution is -2.40. The molecule has 0 aromatic carbocycles. The van der Waals surface area contributed by atoms with E-state index in [9.17, 15) is 9.59 Å². The first-order valence-corrected chi connectivity index (χ1v) is 7.13. The van der Waals surface area contributed by atoms with Crippen molar-refractivity contribution >= 4 is 11.9 Å². The molecule has 1 heterocycles. The number of carbonyl (C=O) groups excluding carboxylic acids is 2. The van der Waals surface area contributed by atoms with Crippen molar-refractivity contribution in [1.82, 2.24) is 10.2 Å². The molecule has 1 N–H and O–H groups in total. The van der Waals surface area contributed by atoms with Gasteiger partial charge in [0.05, 0.1) is 13.0 Å². The summed E-state index contributed by atoms with van der Waals surface area (Å²) in [5.41, 5.74) is 0. The molecule has 1 fully saturated rings. The van der Waals surface area contributed by atoms with E-state index < -0.39 is 0 Å². The van der Waals surface area contributed by atoms with Crippen LogP contribution >= 0.6 is 0 Å². The molecule has 0 unspecified atom stereocenters. The van der Waals surface area contributed by atoms with E-state index in [1.54, 1.807) is 0 Å². The van der Waals surface area contributed by atoms with Crippen molar-refractivity contribution in [3.8, 4) is 0 Å². The van der Waals surface area contributed by atoms with Crippen molar-refractivity contribution in [2.75, 3.05) is 26.7 Å². The van der Waals surface area contributed by atoms with Gasteiger partial charge in [0.15, 0.2) is 0 Å². The van der Waals surface area contributed by atoms with Gasteiger partial charge in [-0.3, -0.25) is 9.59 Å². The molecule has 0 spiro atoms. The maximum absolute atomic E-state index is 12.0. The maximum Gasteiger partial charge on any atom is 0.308 e. The molecule has 0 aromatic heterocycles. The lowest BCUT2D eigenvalue weighted by atomic mass is 9.97. The quantitative estimate of drug-likeness (QED) is 0.581. The summed E-state index contributed by atoms with van der Waals surface area (Å²) < 4.78 is 4.74. The summed E-state index contributed by atoms with van der Waals surface area (Å²) in [5, 5.41) is 3.30. The van der Waals surface area contributed by atoms with Crippen LogP contribution in [0.2, 0.25) is 0 Å². The van der Waals surface area contributed by atoms with Gasteiger partial charge in [0.1, 0.15) is 0 Å². The number of carbonyl (C=O) groups is 2. The van der Waals surface area contributed by atoms with Gasteiger partial charge in [0, 0.05) is 25.6 Å². The number of amides is 1. The Balaban J connectivity index is 2.20. The monoisotopic (exact) mass is 270 g/mol. The van der Waals surface area contributed by atoms with E-state index in [0.717, 1.165) is 25.8 Å². The van der Waals surface area contributed by atoms with Crippen LogP contribution < -0.4 is 5.32 Å². The number of nitrogens with one attached hydrogen (secondary N) is 1. The molecule has 0 saturated carbocycles. The lowest BCUT2D eigenvalue weighted by molar-refractivity contribution is -0.148. The Bertz CT molecular complexity index is 297. The van der Waals surface area contributed by atoms with E-state index in [0.29, 0.717) is 25.6 Å². The number of hydrogen-bond donors (Lipinski definition) is 1. The Morgan fingerprint density at radius 1 is 1.32 bits per heavy atom. The number of rotatable bonds is 6. The van der Waals surface area contributed by atoms with Crippen molar-refractivity contribution < 1.29 is 14.3 Å². The molecule has 0 radical (unpaired) electrons. The molecule has 5 nitrogen and oxygen atoms in total. The predicted molar refractivity (Wildman–Crippen MR) is 73.7 cm³/mol. The van der Waals surface area contributed by atoms with Crippen LogP contribution in [0.3, 0.4) is 0 Å². The van der Waals surface area contributed by atoms with Crippen LogP contribution in [-0.4, -0.2) is 49.6 Å². The molecule has 0 atom stereocenters. The Hall–Kier alpha value is -1.10. The summed E-state index contributed by atoms with van der Waals surface area (Å²) in [6, 6.07) is 0.464. The van der Waals surface area contributed by atoms with Crippen molar-refractivity contribution in [2.45, 2.75) is 45.6 Å². The van der Waals surface area contributed by atoms with Crippen molar-refractivity contribution in [1.29, 1.82) is 0 Å². The second-order valence-electron chi connectivity index (χ2n) is 5.39. The van der Waals surface area contributed by atoms with Gasteiger partial charge in [-0.1, -0.05) is 13.8 Å². The van der Waals surface area contributed by atoms with Crippen molar-refractivity contribution in [3.05, 3.63) is 0 Å². The van der Waals surface area contributed by atoms with Crippen LogP contribution in [0.4, 0.5) is 0 Å². The summed E-state index contributed by atoms with van der Waals surface area (Å²) in [7, 11) is 1.42. The Labute approximate surface area is 115 Å². The molecule has 19 heavy (non-hydrogen) atoms. The van der Waals surface area contributed by atoms with E-state index in [4.69, 9.17) is 4.74 Å². The largest absolute Gasteiger partial charge is 0.469 e. The van der Waals surface area contributed by atoms with E-state index in [1.165, 1.54) is 7.11 Å².